The largest absolute Gasteiger partial charge is 0.350 e. The second-order valence-electron chi connectivity index (χ2n) is 5.31. The van der Waals surface area contributed by atoms with E-state index in [1.165, 1.54) is 25.9 Å². The molecule has 0 atom stereocenters. The molecule has 0 radical (unpaired) electrons. The van der Waals surface area contributed by atoms with Crippen molar-refractivity contribution < 1.29 is 0 Å². The molecule has 0 amide bonds. The van der Waals surface area contributed by atoms with E-state index in [0.717, 1.165) is 11.5 Å². The van der Waals surface area contributed by atoms with Gasteiger partial charge in [0.25, 0.3) is 0 Å². The van der Waals surface area contributed by atoms with E-state index in [9.17, 15) is 0 Å². The van der Waals surface area contributed by atoms with Crippen LogP contribution >= 0.6 is 0 Å². The molecule has 0 aromatic carbocycles. The quantitative estimate of drug-likeness (QED) is 0.803. The van der Waals surface area contributed by atoms with E-state index in [1.807, 2.05) is 29.0 Å². The lowest BCUT2D eigenvalue weighted by molar-refractivity contribution is 0.0467. The molecule has 17 heavy (non-hydrogen) atoms. The fourth-order valence-corrected chi connectivity index (χ4v) is 2.94. The van der Waals surface area contributed by atoms with Crippen LogP contribution in [0.5, 0.6) is 0 Å². The van der Waals surface area contributed by atoms with Gasteiger partial charge in [-0.1, -0.05) is 0 Å². The molecular formula is C12H15N5. The van der Waals surface area contributed by atoms with E-state index < -0.39 is 0 Å². The Morgan fingerprint density at radius 2 is 2.29 bits per heavy atom. The van der Waals surface area contributed by atoms with E-state index in [1.54, 1.807) is 0 Å². The van der Waals surface area contributed by atoms with Crippen molar-refractivity contribution in [1.82, 2.24) is 19.9 Å². The van der Waals surface area contributed by atoms with Crippen molar-refractivity contribution in [3.05, 3.63) is 24.5 Å². The zero-order valence-electron chi connectivity index (χ0n) is 9.56. The van der Waals surface area contributed by atoms with Gasteiger partial charge >= 0.3 is 0 Å². The average Bonchev–Trinajstić information content (AvgIpc) is 2.67. The molecule has 1 spiro atoms. The number of nitrogens with zero attached hydrogens (tertiary/aromatic N) is 3. The molecule has 88 valence electrons. The Hall–Kier alpha value is -1.62. The smallest absolute Gasteiger partial charge is 0.241 e. The Kier molecular flexibility index (Phi) is 1.77. The van der Waals surface area contributed by atoms with Crippen LogP contribution in [0.25, 0.3) is 5.52 Å². The fourth-order valence-electron chi connectivity index (χ4n) is 2.94. The zero-order chi connectivity index (χ0) is 11.3. The highest BCUT2D eigenvalue weighted by molar-refractivity contribution is 5.45. The van der Waals surface area contributed by atoms with Crippen molar-refractivity contribution in [2.75, 3.05) is 18.4 Å². The number of nitrogens with one attached hydrogen (secondary N) is 2. The van der Waals surface area contributed by atoms with E-state index >= 15 is 0 Å². The monoisotopic (exact) mass is 229 g/mol. The maximum Gasteiger partial charge on any atom is 0.241 e. The van der Waals surface area contributed by atoms with Crippen molar-refractivity contribution in [2.45, 2.75) is 18.9 Å². The number of rotatable bonds is 2. The minimum atomic E-state index is 0.546. The SMILES string of the molecule is c1cc2cnc(NC3CC4(CNC4)C3)nn2c1. The molecule has 3 heterocycles. The lowest BCUT2D eigenvalue weighted by Crippen LogP contribution is -2.63. The van der Waals surface area contributed by atoms with Crippen molar-refractivity contribution >= 4 is 11.5 Å². The third kappa shape index (κ3) is 1.42. The summed E-state index contributed by atoms with van der Waals surface area (Å²) in [5.74, 6) is 0.737. The Bertz CT molecular complexity index is 549. The first-order valence-corrected chi connectivity index (χ1v) is 6.11. The summed E-state index contributed by atoms with van der Waals surface area (Å²) in [6.07, 6.45) is 6.29. The topological polar surface area (TPSA) is 54.2 Å². The molecule has 2 aromatic heterocycles. The molecule has 4 rings (SSSR count). The predicted octanol–water partition coefficient (Wildman–Crippen LogP) is 0.893. The number of hydrogen-bond acceptors (Lipinski definition) is 4. The Balaban J connectivity index is 1.48. The molecule has 2 aliphatic rings. The van der Waals surface area contributed by atoms with Gasteiger partial charge in [-0.3, -0.25) is 0 Å². The van der Waals surface area contributed by atoms with Crippen LogP contribution in [-0.2, 0) is 0 Å². The Morgan fingerprint density at radius 1 is 1.41 bits per heavy atom. The van der Waals surface area contributed by atoms with Crippen LogP contribution in [0.15, 0.2) is 24.5 Å². The first-order valence-electron chi connectivity index (χ1n) is 6.11. The molecule has 1 aliphatic carbocycles. The fraction of sp³-hybridized carbons (Fsp3) is 0.500. The Morgan fingerprint density at radius 3 is 3.06 bits per heavy atom. The van der Waals surface area contributed by atoms with Gasteiger partial charge in [-0.2, -0.15) is 0 Å². The summed E-state index contributed by atoms with van der Waals surface area (Å²) in [5.41, 5.74) is 1.62. The van der Waals surface area contributed by atoms with Crippen LogP contribution in [0.1, 0.15) is 12.8 Å². The van der Waals surface area contributed by atoms with Crippen LogP contribution in [0.2, 0.25) is 0 Å². The number of aromatic nitrogens is 3. The lowest BCUT2D eigenvalue weighted by Gasteiger charge is -2.54. The second kappa shape index (κ2) is 3.20. The highest BCUT2D eigenvalue weighted by Crippen LogP contribution is 2.44. The van der Waals surface area contributed by atoms with Gasteiger partial charge in [0.15, 0.2) is 0 Å². The molecule has 5 nitrogen and oxygen atoms in total. The minimum absolute atomic E-state index is 0.546. The molecule has 1 saturated heterocycles. The van der Waals surface area contributed by atoms with Crippen molar-refractivity contribution in [1.29, 1.82) is 0 Å². The second-order valence-corrected chi connectivity index (χ2v) is 5.31. The van der Waals surface area contributed by atoms with Crippen LogP contribution in [0.3, 0.4) is 0 Å². The van der Waals surface area contributed by atoms with E-state index in [0.29, 0.717) is 11.5 Å². The van der Waals surface area contributed by atoms with Crippen molar-refractivity contribution in [2.24, 2.45) is 5.41 Å². The predicted molar refractivity (Wildman–Crippen MR) is 64.9 cm³/mol. The number of anilines is 1. The van der Waals surface area contributed by atoms with E-state index in [-0.39, 0.29) is 0 Å². The average molecular weight is 229 g/mol. The molecular weight excluding hydrogens is 214 g/mol. The summed E-state index contributed by atoms with van der Waals surface area (Å²) in [4.78, 5) is 4.33. The maximum absolute atomic E-state index is 4.43. The van der Waals surface area contributed by atoms with E-state index in [2.05, 4.69) is 20.7 Å². The molecule has 0 unspecified atom stereocenters. The van der Waals surface area contributed by atoms with E-state index in [4.69, 9.17) is 0 Å². The summed E-state index contributed by atoms with van der Waals surface area (Å²) in [6, 6.07) is 4.53. The molecule has 2 N–H and O–H groups in total. The van der Waals surface area contributed by atoms with Crippen LogP contribution in [0, 0.1) is 5.41 Å². The molecule has 5 heteroatoms. The normalized spacial score (nSPS) is 22.4. The van der Waals surface area contributed by atoms with Crippen molar-refractivity contribution in [3.8, 4) is 0 Å². The summed E-state index contributed by atoms with van der Waals surface area (Å²) in [5, 5.41) is 11.2. The Labute approximate surface area is 99.2 Å². The number of fused-ring (bicyclic) bond motifs is 1. The summed E-state index contributed by atoms with van der Waals surface area (Å²) < 4.78 is 1.86. The lowest BCUT2D eigenvalue weighted by atomic mass is 9.62. The zero-order valence-corrected chi connectivity index (χ0v) is 9.56. The third-order valence-electron chi connectivity index (χ3n) is 3.97. The molecule has 0 bridgehead atoms. The molecule has 1 aliphatic heterocycles. The van der Waals surface area contributed by atoms with Gasteiger partial charge in [-0.25, -0.2) is 9.50 Å². The van der Waals surface area contributed by atoms with Gasteiger partial charge in [-0.05, 0) is 30.4 Å². The standard InChI is InChI=1S/C12H15N5/c1-2-10-6-14-11(16-17(10)3-1)15-9-4-12(5-9)7-13-8-12/h1-3,6,9,13H,4-5,7-8H2,(H,15,16). The summed E-state index contributed by atoms with van der Waals surface area (Å²) in [6.45, 7) is 2.37. The van der Waals surface area contributed by atoms with Crippen molar-refractivity contribution in [3.63, 3.8) is 0 Å². The van der Waals surface area contributed by atoms with Crippen LogP contribution < -0.4 is 10.6 Å². The van der Waals surface area contributed by atoms with Crippen LogP contribution in [-0.4, -0.2) is 33.7 Å². The van der Waals surface area contributed by atoms with Gasteiger partial charge < -0.3 is 10.6 Å². The van der Waals surface area contributed by atoms with Gasteiger partial charge in [0.05, 0.1) is 11.7 Å². The van der Waals surface area contributed by atoms with Gasteiger partial charge in [0, 0.05) is 25.3 Å². The first kappa shape index (κ1) is 9.41. The minimum Gasteiger partial charge on any atom is -0.350 e. The number of hydrogen-bond donors (Lipinski definition) is 2. The van der Waals surface area contributed by atoms with Gasteiger partial charge in [-0.15, -0.1) is 5.10 Å². The van der Waals surface area contributed by atoms with Gasteiger partial charge in [0.2, 0.25) is 5.95 Å². The molecule has 2 fully saturated rings. The van der Waals surface area contributed by atoms with Gasteiger partial charge in [0.1, 0.15) is 0 Å². The summed E-state index contributed by atoms with van der Waals surface area (Å²) >= 11 is 0. The molecule has 1 saturated carbocycles. The third-order valence-corrected chi connectivity index (χ3v) is 3.97. The highest BCUT2D eigenvalue weighted by atomic mass is 15.3. The van der Waals surface area contributed by atoms with Crippen LogP contribution in [0.4, 0.5) is 5.95 Å². The summed E-state index contributed by atoms with van der Waals surface area (Å²) in [7, 11) is 0. The molecule has 2 aromatic rings. The maximum atomic E-state index is 4.43. The highest BCUT2D eigenvalue weighted by Gasteiger charge is 2.48. The first-order chi connectivity index (χ1) is 8.33.